The SMILES string of the molecule is CCN1C(=O)C(=c2sc3nc(C4COc5ccccc5O4)nn3c2=O)c2cc(Br)ccc21. The van der Waals surface area contributed by atoms with Gasteiger partial charge in [0.2, 0.25) is 4.96 Å². The van der Waals surface area contributed by atoms with Gasteiger partial charge in [0.25, 0.3) is 11.5 Å². The van der Waals surface area contributed by atoms with Crippen LogP contribution in [0.5, 0.6) is 11.5 Å². The minimum absolute atomic E-state index is 0.192. The number of nitrogens with zero attached hydrogens (tertiary/aromatic N) is 4. The summed E-state index contributed by atoms with van der Waals surface area (Å²) in [7, 11) is 0. The van der Waals surface area contributed by atoms with Gasteiger partial charge in [0.1, 0.15) is 11.1 Å². The van der Waals surface area contributed by atoms with Crippen molar-refractivity contribution in [3.05, 3.63) is 73.2 Å². The summed E-state index contributed by atoms with van der Waals surface area (Å²) in [5.74, 6) is 1.45. The number of para-hydroxylation sites is 2. The van der Waals surface area contributed by atoms with Crippen LogP contribution in [0.4, 0.5) is 5.69 Å². The number of aromatic nitrogens is 3. The van der Waals surface area contributed by atoms with Gasteiger partial charge in [-0.1, -0.05) is 39.4 Å². The molecule has 4 aromatic rings. The van der Waals surface area contributed by atoms with Gasteiger partial charge in [0, 0.05) is 16.6 Å². The first-order valence-electron chi connectivity index (χ1n) is 9.99. The zero-order valence-corrected chi connectivity index (χ0v) is 19.1. The van der Waals surface area contributed by atoms with Crippen LogP contribution in [-0.4, -0.2) is 33.7 Å². The molecule has 1 amide bonds. The molecule has 10 heteroatoms. The number of carbonyl (C=O) groups excluding carboxylic acids is 1. The molecule has 1 atom stereocenters. The Kier molecular flexibility index (Phi) is 4.34. The molecule has 0 bridgehead atoms. The van der Waals surface area contributed by atoms with E-state index in [0.717, 1.165) is 27.1 Å². The molecule has 160 valence electrons. The first-order chi connectivity index (χ1) is 15.5. The molecule has 0 saturated carbocycles. The fourth-order valence-electron chi connectivity index (χ4n) is 4.02. The van der Waals surface area contributed by atoms with Crippen molar-refractivity contribution in [3.8, 4) is 11.5 Å². The number of likely N-dealkylation sites (N-methyl/N-ethyl adjacent to an activating group) is 1. The summed E-state index contributed by atoms with van der Waals surface area (Å²) in [6.45, 7) is 2.67. The number of hydrogen-bond acceptors (Lipinski definition) is 7. The van der Waals surface area contributed by atoms with E-state index < -0.39 is 6.10 Å². The van der Waals surface area contributed by atoms with E-state index in [9.17, 15) is 9.59 Å². The number of benzene rings is 2. The van der Waals surface area contributed by atoms with Gasteiger partial charge in [0.05, 0.1) is 11.3 Å². The molecule has 0 saturated heterocycles. The van der Waals surface area contributed by atoms with Gasteiger partial charge < -0.3 is 14.4 Å². The molecule has 0 N–H and O–H groups in total. The predicted octanol–water partition coefficient (Wildman–Crippen LogP) is 2.71. The predicted molar refractivity (Wildman–Crippen MR) is 122 cm³/mol. The van der Waals surface area contributed by atoms with Crippen LogP contribution in [0.15, 0.2) is 51.7 Å². The van der Waals surface area contributed by atoms with E-state index in [-0.39, 0.29) is 18.1 Å². The van der Waals surface area contributed by atoms with E-state index in [1.54, 1.807) is 4.90 Å². The van der Waals surface area contributed by atoms with Crippen molar-refractivity contribution in [1.82, 2.24) is 14.6 Å². The summed E-state index contributed by atoms with van der Waals surface area (Å²) in [6, 6.07) is 13.0. The molecule has 2 aliphatic rings. The van der Waals surface area contributed by atoms with Crippen molar-refractivity contribution in [1.29, 1.82) is 0 Å². The van der Waals surface area contributed by atoms with Crippen molar-refractivity contribution in [3.63, 3.8) is 0 Å². The Hall–Kier alpha value is -3.24. The maximum Gasteiger partial charge on any atom is 0.291 e. The van der Waals surface area contributed by atoms with Crippen LogP contribution in [0.25, 0.3) is 10.5 Å². The van der Waals surface area contributed by atoms with E-state index in [1.807, 2.05) is 49.4 Å². The third-order valence-electron chi connectivity index (χ3n) is 5.49. The third-order valence-corrected chi connectivity index (χ3v) is 7.01. The Labute approximate surface area is 193 Å². The molecule has 8 nitrogen and oxygen atoms in total. The lowest BCUT2D eigenvalue weighted by atomic mass is 10.1. The second-order valence-corrected chi connectivity index (χ2v) is 9.24. The first kappa shape index (κ1) is 19.4. The number of ether oxygens (including phenoxy) is 2. The number of thiazole rings is 1. The van der Waals surface area contributed by atoms with Crippen LogP contribution in [0.2, 0.25) is 0 Å². The largest absolute Gasteiger partial charge is 0.485 e. The molecular weight excluding hydrogens is 496 g/mol. The van der Waals surface area contributed by atoms with Gasteiger partial charge >= 0.3 is 0 Å². The highest BCUT2D eigenvalue weighted by Gasteiger charge is 2.34. The number of anilines is 1. The molecule has 0 aliphatic carbocycles. The van der Waals surface area contributed by atoms with Crippen LogP contribution in [-0.2, 0) is 4.79 Å². The molecule has 2 aromatic carbocycles. The van der Waals surface area contributed by atoms with Gasteiger partial charge in [0.15, 0.2) is 23.4 Å². The normalized spacial score (nSPS) is 19.0. The molecule has 6 rings (SSSR count). The molecule has 4 heterocycles. The van der Waals surface area contributed by atoms with Gasteiger partial charge in [-0.3, -0.25) is 9.59 Å². The Morgan fingerprint density at radius 3 is 2.78 bits per heavy atom. The summed E-state index contributed by atoms with van der Waals surface area (Å²) in [5.41, 5.74) is 1.54. The molecular formula is C22H15BrN4O4S. The van der Waals surface area contributed by atoms with Gasteiger partial charge in [-0.2, -0.15) is 9.50 Å². The highest BCUT2D eigenvalue weighted by atomic mass is 79.9. The van der Waals surface area contributed by atoms with Crippen LogP contribution in [0.3, 0.4) is 0 Å². The second-order valence-electron chi connectivity index (χ2n) is 7.35. The summed E-state index contributed by atoms with van der Waals surface area (Å²) in [4.78, 5) is 33.0. The molecule has 2 aliphatic heterocycles. The number of halogens is 1. The summed E-state index contributed by atoms with van der Waals surface area (Å²) < 4.78 is 14.1. The maximum atomic E-state index is 13.2. The molecule has 2 aromatic heterocycles. The fraction of sp³-hybridized carbons (Fsp3) is 0.182. The standard InChI is InChI=1S/C22H15BrN4O4S/c1-2-26-13-8-7-11(23)9-12(13)17(20(26)28)18-21(29)27-22(32-18)24-19(25-27)16-10-30-14-5-3-4-6-15(14)31-16/h3-9,16H,2,10H2,1H3. The number of rotatable bonds is 2. The zero-order chi connectivity index (χ0) is 22.0. The molecule has 0 fully saturated rings. The molecule has 0 radical (unpaired) electrons. The lowest BCUT2D eigenvalue weighted by Crippen LogP contribution is -2.32. The van der Waals surface area contributed by atoms with E-state index in [1.165, 1.54) is 4.52 Å². The number of amides is 1. The summed E-state index contributed by atoms with van der Waals surface area (Å²) in [6.07, 6.45) is -0.520. The number of carbonyl (C=O) groups is 1. The number of fused-ring (bicyclic) bond motifs is 3. The molecule has 1 unspecified atom stereocenters. The maximum absolute atomic E-state index is 13.2. The van der Waals surface area contributed by atoms with Gasteiger partial charge in [-0.15, -0.1) is 5.10 Å². The monoisotopic (exact) mass is 510 g/mol. The van der Waals surface area contributed by atoms with E-state index in [4.69, 9.17) is 9.47 Å². The average Bonchev–Trinajstić information content (AvgIpc) is 3.43. The lowest BCUT2D eigenvalue weighted by molar-refractivity contribution is -0.113. The summed E-state index contributed by atoms with van der Waals surface area (Å²) >= 11 is 4.62. The third kappa shape index (κ3) is 2.79. The van der Waals surface area contributed by atoms with E-state index in [2.05, 4.69) is 26.0 Å². The Morgan fingerprint density at radius 1 is 1.19 bits per heavy atom. The Morgan fingerprint density at radius 2 is 2.00 bits per heavy atom. The van der Waals surface area contributed by atoms with Crippen LogP contribution in [0.1, 0.15) is 24.4 Å². The molecule has 0 spiro atoms. The fourth-order valence-corrected chi connectivity index (χ4v) is 5.39. The summed E-state index contributed by atoms with van der Waals surface area (Å²) in [5, 5.41) is 4.39. The Bertz CT molecular complexity index is 1530. The van der Waals surface area contributed by atoms with Gasteiger partial charge in [-0.05, 0) is 37.3 Å². The minimum atomic E-state index is -0.520. The Balaban J connectivity index is 1.47. The highest BCUT2D eigenvalue weighted by molar-refractivity contribution is 9.10. The van der Waals surface area contributed by atoms with Crippen molar-refractivity contribution in [2.45, 2.75) is 13.0 Å². The van der Waals surface area contributed by atoms with Gasteiger partial charge in [-0.25, -0.2) is 0 Å². The second kappa shape index (κ2) is 7.14. The topological polar surface area (TPSA) is 86.0 Å². The van der Waals surface area contributed by atoms with Crippen LogP contribution >= 0.6 is 27.3 Å². The smallest absolute Gasteiger partial charge is 0.291 e. The minimum Gasteiger partial charge on any atom is -0.485 e. The number of hydrogen-bond donors (Lipinski definition) is 0. The van der Waals surface area contributed by atoms with Crippen molar-refractivity contribution >= 4 is 49.4 Å². The van der Waals surface area contributed by atoms with E-state index >= 15 is 0 Å². The van der Waals surface area contributed by atoms with Crippen molar-refractivity contribution in [2.75, 3.05) is 18.1 Å². The van der Waals surface area contributed by atoms with Crippen LogP contribution in [0, 0.1) is 0 Å². The first-order valence-corrected chi connectivity index (χ1v) is 11.6. The average molecular weight is 511 g/mol. The molecule has 32 heavy (non-hydrogen) atoms. The van der Waals surface area contributed by atoms with Crippen LogP contribution < -0.4 is 24.5 Å². The van der Waals surface area contributed by atoms with E-state index in [0.29, 0.717) is 38.9 Å². The lowest BCUT2D eigenvalue weighted by Gasteiger charge is -2.24. The quantitative estimate of drug-likeness (QED) is 0.412. The highest BCUT2D eigenvalue weighted by Crippen LogP contribution is 2.37. The zero-order valence-electron chi connectivity index (χ0n) is 16.7. The van der Waals surface area contributed by atoms with Crippen molar-refractivity contribution < 1.29 is 14.3 Å². The van der Waals surface area contributed by atoms with Crippen molar-refractivity contribution in [2.24, 2.45) is 0 Å².